The molecule has 5 heteroatoms. The van der Waals surface area contributed by atoms with Crippen LogP contribution in [0.15, 0.2) is 30.3 Å². The van der Waals surface area contributed by atoms with E-state index in [0.29, 0.717) is 25.5 Å². The molecule has 1 fully saturated rings. The molecule has 1 aromatic carbocycles. The first-order valence-electron chi connectivity index (χ1n) is 6.46. The summed E-state index contributed by atoms with van der Waals surface area (Å²) < 4.78 is 5.45. The van der Waals surface area contributed by atoms with Crippen LogP contribution in [0.2, 0.25) is 0 Å². The molecular formula is C14H21ClN2O2. The third-order valence-corrected chi connectivity index (χ3v) is 3.10. The lowest BCUT2D eigenvalue weighted by molar-refractivity contribution is -0.121. The van der Waals surface area contributed by atoms with Crippen LogP contribution in [0.3, 0.4) is 0 Å². The molecule has 3 N–H and O–H groups in total. The highest BCUT2D eigenvalue weighted by Gasteiger charge is 2.28. The maximum absolute atomic E-state index is 11.5. The molecule has 1 aliphatic rings. The standard InChI is InChI=1S/C14H20N2O2.ClH/c15-13(11-6-7-11)10-16-14(17)8-9-18-12-4-2-1-3-5-12;/h1-5,11,13H,6-10,15H2,(H,16,17);1H. The highest BCUT2D eigenvalue weighted by Crippen LogP contribution is 2.31. The molecule has 0 spiro atoms. The molecule has 0 heterocycles. The third-order valence-electron chi connectivity index (χ3n) is 3.10. The van der Waals surface area contributed by atoms with Gasteiger partial charge in [-0.25, -0.2) is 0 Å². The first-order valence-corrected chi connectivity index (χ1v) is 6.46. The predicted octanol–water partition coefficient (Wildman–Crippen LogP) is 1.73. The number of carbonyl (C=O) groups excluding carboxylic acids is 1. The maximum Gasteiger partial charge on any atom is 0.223 e. The summed E-state index contributed by atoms with van der Waals surface area (Å²) in [6, 6.07) is 9.61. The van der Waals surface area contributed by atoms with E-state index in [9.17, 15) is 4.79 Å². The Morgan fingerprint density at radius 1 is 1.37 bits per heavy atom. The minimum Gasteiger partial charge on any atom is -0.493 e. The number of nitrogens with one attached hydrogen (secondary N) is 1. The van der Waals surface area contributed by atoms with E-state index in [1.807, 2.05) is 30.3 Å². The van der Waals surface area contributed by atoms with E-state index in [1.165, 1.54) is 12.8 Å². The van der Waals surface area contributed by atoms with Crippen LogP contribution in [0.4, 0.5) is 0 Å². The monoisotopic (exact) mass is 284 g/mol. The molecule has 1 atom stereocenters. The second-order valence-electron chi connectivity index (χ2n) is 4.72. The van der Waals surface area contributed by atoms with Gasteiger partial charge in [0.2, 0.25) is 5.91 Å². The van der Waals surface area contributed by atoms with Gasteiger partial charge in [-0.05, 0) is 30.9 Å². The fraction of sp³-hybridized carbons (Fsp3) is 0.500. The Labute approximate surface area is 120 Å². The van der Waals surface area contributed by atoms with E-state index in [1.54, 1.807) is 0 Å². The maximum atomic E-state index is 11.5. The number of ether oxygens (including phenoxy) is 1. The van der Waals surface area contributed by atoms with E-state index in [2.05, 4.69) is 5.32 Å². The molecule has 0 saturated heterocycles. The molecule has 1 saturated carbocycles. The molecule has 1 aromatic rings. The van der Waals surface area contributed by atoms with Gasteiger partial charge in [-0.2, -0.15) is 0 Å². The average Bonchev–Trinajstić information content (AvgIpc) is 3.21. The molecule has 0 aliphatic heterocycles. The number of halogens is 1. The van der Waals surface area contributed by atoms with E-state index in [4.69, 9.17) is 10.5 Å². The van der Waals surface area contributed by atoms with Crippen molar-refractivity contribution in [1.29, 1.82) is 0 Å². The fourth-order valence-corrected chi connectivity index (χ4v) is 1.79. The van der Waals surface area contributed by atoms with Gasteiger partial charge in [0.25, 0.3) is 0 Å². The molecule has 2 rings (SSSR count). The Kier molecular flexibility index (Phi) is 6.67. The summed E-state index contributed by atoms with van der Waals surface area (Å²) in [4.78, 5) is 11.5. The molecule has 4 nitrogen and oxygen atoms in total. The lowest BCUT2D eigenvalue weighted by atomic mass is 10.2. The summed E-state index contributed by atoms with van der Waals surface area (Å²) in [7, 11) is 0. The number of hydrogen-bond acceptors (Lipinski definition) is 3. The zero-order valence-electron chi connectivity index (χ0n) is 10.9. The molecular weight excluding hydrogens is 264 g/mol. The summed E-state index contributed by atoms with van der Waals surface area (Å²) in [6.07, 6.45) is 2.77. The predicted molar refractivity (Wildman–Crippen MR) is 77.5 cm³/mol. The van der Waals surface area contributed by atoms with Gasteiger partial charge < -0.3 is 15.8 Å². The summed E-state index contributed by atoms with van der Waals surface area (Å²) >= 11 is 0. The van der Waals surface area contributed by atoms with Crippen LogP contribution >= 0.6 is 12.4 Å². The molecule has 19 heavy (non-hydrogen) atoms. The quantitative estimate of drug-likeness (QED) is 0.801. The zero-order valence-corrected chi connectivity index (χ0v) is 11.7. The van der Waals surface area contributed by atoms with Crippen molar-refractivity contribution in [3.8, 4) is 5.75 Å². The Hall–Kier alpha value is -1.26. The number of hydrogen-bond donors (Lipinski definition) is 2. The smallest absolute Gasteiger partial charge is 0.223 e. The number of carbonyl (C=O) groups is 1. The Morgan fingerprint density at radius 3 is 2.68 bits per heavy atom. The Morgan fingerprint density at radius 2 is 2.05 bits per heavy atom. The molecule has 0 radical (unpaired) electrons. The molecule has 0 aromatic heterocycles. The van der Waals surface area contributed by atoms with Crippen LogP contribution < -0.4 is 15.8 Å². The van der Waals surface area contributed by atoms with E-state index in [-0.39, 0.29) is 24.4 Å². The summed E-state index contributed by atoms with van der Waals surface area (Å²) in [6.45, 7) is 0.976. The van der Waals surface area contributed by atoms with Gasteiger partial charge >= 0.3 is 0 Å². The van der Waals surface area contributed by atoms with Crippen LogP contribution in [-0.4, -0.2) is 25.1 Å². The van der Waals surface area contributed by atoms with Gasteiger partial charge in [0.15, 0.2) is 0 Å². The van der Waals surface area contributed by atoms with Crippen molar-refractivity contribution >= 4 is 18.3 Å². The van der Waals surface area contributed by atoms with Gasteiger partial charge in [-0.15, -0.1) is 12.4 Å². The van der Waals surface area contributed by atoms with Gasteiger partial charge in [-0.1, -0.05) is 18.2 Å². The van der Waals surface area contributed by atoms with Gasteiger partial charge in [0.05, 0.1) is 13.0 Å². The van der Waals surface area contributed by atoms with Crippen molar-refractivity contribution in [3.05, 3.63) is 30.3 Å². The topological polar surface area (TPSA) is 64.3 Å². The first-order chi connectivity index (χ1) is 8.75. The SMILES string of the molecule is Cl.NC(CNC(=O)CCOc1ccccc1)C1CC1. The van der Waals surface area contributed by atoms with Gasteiger partial charge in [-0.3, -0.25) is 4.79 Å². The normalized spacial score (nSPS) is 15.2. The summed E-state index contributed by atoms with van der Waals surface area (Å²) in [5.41, 5.74) is 5.90. The third kappa shape index (κ3) is 5.94. The van der Waals surface area contributed by atoms with Gasteiger partial charge in [0.1, 0.15) is 5.75 Å². The van der Waals surface area contributed by atoms with Crippen molar-refractivity contribution in [2.45, 2.75) is 25.3 Å². The largest absolute Gasteiger partial charge is 0.493 e. The molecule has 1 aliphatic carbocycles. The summed E-state index contributed by atoms with van der Waals surface area (Å²) in [5, 5.41) is 2.85. The van der Waals surface area contributed by atoms with Gasteiger partial charge in [0, 0.05) is 12.6 Å². The van der Waals surface area contributed by atoms with Crippen molar-refractivity contribution < 1.29 is 9.53 Å². The van der Waals surface area contributed by atoms with E-state index in [0.717, 1.165) is 5.75 Å². The molecule has 1 amide bonds. The summed E-state index contributed by atoms with van der Waals surface area (Å²) in [5.74, 6) is 1.41. The van der Waals surface area contributed by atoms with E-state index >= 15 is 0 Å². The van der Waals surface area contributed by atoms with Crippen molar-refractivity contribution in [2.24, 2.45) is 11.7 Å². The number of para-hydroxylation sites is 1. The number of rotatable bonds is 7. The minimum absolute atomic E-state index is 0. The lowest BCUT2D eigenvalue weighted by Gasteiger charge is -2.11. The van der Waals surface area contributed by atoms with Crippen LogP contribution in [0, 0.1) is 5.92 Å². The zero-order chi connectivity index (χ0) is 12.8. The second kappa shape index (κ2) is 8.02. The number of amides is 1. The second-order valence-corrected chi connectivity index (χ2v) is 4.72. The average molecular weight is 285 g/mol. The van der Waals surface area contributed by atoms with E-state index < -0.39 is 0 Å². The van der Waals surface area contributed by atoms with Crippen LogP contribution in [-0.2, 0) is 4.79 Å². The van der Waals surface area contributed by atoms with Crippen LogP contribution in [0.1, 0.15) is 19.3 Å². The Balaban J connectivity index is 0.00000180. The first kappa shape index (κ1) is 15.8. The van der Waals surface area contributed by atoms with Crippen molar-refractivity contribution in [3.63, 3.8) is 0 Å². The highest BCUT2D eigenvalue weighted by atomic mass is 35.5. The van der Waals surface area contributed by atoms with Crippen LogP contribution in [0.5, 0.6) is 5.75 Å². The molecule has 1 unspecified atom stereocenters. The van der Waals surface area contributed by atoms with Crippen molar-refractivity contribution in [2.75, 3.05) is 13.2 Å². The van der Waals surface area contributed by atoms with Crippen molar-refractivity contribution in [1.82, 2.24) is 5.32 Å². The van der Waals surface area contributed by atoms with Crippen LogP contribution in [0.25, 0.3) is 0 Å². The lowest BCUT2D eigenvalue weighted by Crippen LogP contribution is -2.38. The fourth-order valence-electron chi connectivity index (χ4n) is 1.79. The minimum atomic E-state index is 0. The molecule has 106 valence electrons. The Bertz CT molecular complexity index is 382. The number of benzene rings is 1. The number of nitrogens with two attached hydrogens (primary N) is 1. The molecule has 0 bridgehead atoms. The highest BCUT2D eigenvalue weighted by molar-refractivity contribution is 5.85.